The van der Waals surface area contributed by atoms with Gasteiger partial charge in [-0.05, 0) is 6.42 Å². The van der Waals surface area contributed by atoms with E-state index < -0.39 is 0 Å². The van der Waals surface area contributed by atoms with Crippen LogP contribution in [0.2, 0.25) is 0 Å². The van der Waals surface area contributed by atoms with Crippen LogP contribution in [0.4, 0.5) is 0 Å². The fourth-order valence-electron chi connectivity index (χ4n) is 3.38. The van der Waals surface area contributed by atoms with Crippen LogP contribution in [0.15, 0.2) is 22.5 Å². The summed E-state index contributed by atoms with van der Waals surface area (Å²) in [4.78, 5) is 25.2. The summed E-state index contributed by atoms with van der Waals surface area (Å²) < 4.78 is 0. The highest BCUT2D eigenvalue weighted by molar-refractivity contribution is 7.09. The van der Waals surface area contributed by atoms with E-state index in [0.717, 1.165) is 39.1 Å². The zero-order valence-electron chi connectivity index (χ0n) is 11.6. The predicted molar refractivity (Wildman–Crippen MR) is 82.5 cm³/mol. The van der Waals surface area contributed by atoms with Gasteiger partial charge in [0.2, 0.25) is 0 Å². The topological polar surface area (TPSA) is 49.3 Å². The number of hydrogen-bond acceptors (Lipinski definition) is 6. The molecule has 0 aliphatic carbocycles. The molecule has 0 bridgehead atoms. The molecule has 2 aromatic rings. The number of thiazole rings is 2. The normalized spacial score (nSPS) is 20.9. The second kappa shape index (κ2) is 5.15. The SMILES string of the molecule is O=C(c1cscn1)N1CCC2(CN(Cc3nccs3)C2)C1. The Kier molecular flexibility index (Phi) is 3.28. The average Bonchev–Trinajstić information content (AvgIpc) is 3.19. The van der Waals surface area contributed by atoms with Gasteiger partial charge in [-0.1, -0.05) is 0 Å². The number of carbonyl (C=O) groups is 1. The summed E-state index contributed by atoms with van der Waals surface area (Å²) in [5, 5.41) is 5.04. The van der Waals surface area contributed by atoms with Crippen LogP contribution in [0, 0.1) is 5.41 Å². The third kappa shape index (κ3) is 2.49. The molecule has 5 nitrogen and oxygen atoms in total. The molecule has 2 saturated heterocycles. The molecule has 7 heteroatoms. The van der Waals surface area contributed by atoms with Crippen LogP contribution in [-0.4, -0.2) is 51.9 Å². The molecule has 0 unspecified atom stereocenters. The zero-order valence-corrected chi connectivity index (χ0v) is 13.2. The Morgan fingerprint density at radius 1 is 1.33 bits per heavy atom. The van der Waals surface area contributed by atoms with Crippen molar-refractivity contribution in [3.63, 3.8) is 0 Å². The van der Waals surface area contributed by atoms with Gasteiger partial charge in [-0.15, -0.1) is 22.7 Å². The molecule has 2 aromatic heterocycles. The van der Waals surface area contributed by atoms with E-state index >= 15 is 0 Å². The minimum absolute atomic E-state index is 0.0894. The largest absolute Gasteiger partial charge is 0.337 e. The lowest BCUT2D eigenvalue weighted by atomic mass is 9.79. The third-order valence-corrected chi connectivity index (χ3v) is 5.69. The van der Waals surface area contributed by atoms with Gasteiger partial charge in [0.15, 0.2) is 0 Å². The number of nitrogens with zero attached hydrogens (tertiary/aromatic N) is 4. The van der Waals surface area contributed by atoms with Crippen molar-refractivity contribution in [2.24, 2.45) is 5.41 Å². The van der Waals surface area contributed by atoms with Crippen molar-refractivity contribution in [3.05, 3.63) is 33.2 Å². The lowest BCUT2D eigenvalue weighted by Crippen LogP contribution is -2.57. The number of likely N-dealkylation sites (tertiary alicyclic amines) is 2. The maximum absolute atomic E-state index is 12.3. The number of rotatable bonds is 3. The van der Waals surface area contributed by atoms with Gasteiger partial charge >= 0.3 is 0 Å². The molecule has 2 aliphatic heterocycles. The van der Waals surface area contributed by atoms with Gasteiger partial charge < -0.3 is 4.90 Å². The van der Waals surface area contributed by atoms with E-state index in [-0.39, 0.29) is 5.91 Å². The molecule has 0 aromatic carbocycles. The van der Waals surface area contributed by atoms with E-state index in [1.165, 1.54) is 16.3 Å². The maximum atomic E-state index is 12.3. The van der Waals surface area contributed by atoms with E-state index in [1.807, 2.05) is 21.9 Å². The highest BCUT2D eigenvalue weighted by atomic mass is 32.1. The van der Waals surface area contributed by atoms with Gasteiger partial charge in [0.05, 0.1) is 12.1 Å². The third-order valence-electron chi connectivity index (χ3n) is 4.34. The monoisotopic (exact) mass is 320 g/mol. The standard InChI is InChI=1S/C14H16N4OS2/c19-13(11-6-20-10-16-11)18-3-1-14(9-18)7-17(8-14)5-12-15-2-4-21-12/h2,4,6,10H,1,3,5,7-9H2. The van der Waals surface area contributed by atoms with E-state index in [4.69, 9.17) is 0 Å². The number of hydrogen-bond donors (Lipinski definition) is 0. The summed E-state index contributed by atoms with van der Waals surface area (Å²) in [5.41, 5.74) is 2.62. The first-order valence-corrected chi connectivity index (χ1v) is 8.85. The minimum Gasteiger partial charge on any atom is -0.337 e. The van der Waals surface area contributed by atoms with E-state index in [2.05, 4.69) is 14.9 Å². The molecule has 0 radical (unpaired) electrons. The number of aromatic nitrogens is 2. The quantitative estimate of drug-likeness (QED) is 0.867. The van der Waals surface area contributed by atoms with Crippen LogP contribution in [0.5, 0.6) is 0 Å². The van der Waals surface area contributed by atoms with Gasteiger partial charge in [-0.2, -0.15) is 0 Å². The van der Waals surface area contributed by atoms with Crippen LogP contribution in [-0.2, 0) is 6.54 Å². The van der Waals surface area contributed by atoms with Crippen LogP contribution >= 0.6 is 22.7 Å². The summed E-state index contributed by atoms with van der Waals surface area (Å²) in [5.74, 6) is 0.0894. The molecule has 0 atom stereocenters. The second-order valence-corrected chi connectivity index (χ2v) is 7.62. The Balaban J connectivity index is 1.34. The smallest absolute Gasteiger partial charge is 0.273 e. The van der Waals surface area contributed by atoms with Crippen molar-refractivity contribution in [1.82, 2.24) is 19.8 Å². The lowest BCUT2D eigenvalue weighted by Gasteiger charge is -2.47. The molecule has 0 N–H and O–H groups in total. The van der Waals surface area contributed by atoms with Crippen LogP contribution < -0.4 is 0 Å². The zero-order chi connectivity index (χ0) is 14.3. The van der Waals surface area contributed by atoms with Crippen LogP contribution in [0.25, 0.3) is 0 Å². The molecule has 2 fully saturated rings. The van der Waals surface area contributed by atoms with Crippen molar-refractivity contribution in [2.75, 3.05) is 26.2 Å². The van der Waals surface area contributed by atoms with E-state index in [1.54, 1.807) is 16.8 Å². The summed E-state index contributed by atoms with van der Waals surface area (Å²) in [6, 6.07) is 0. The van der Waals surface area contributed by atoms with Crippen molar-refractivity contribution < 1.29 is 4.79 Å². The van der Waals surface area contributed by atoms with Gasteiger partial charge in [-0.3, -0.25) is 9.69 Å². The van der Waals surface area contributed by atoms with E-state index in [9.17, 15) is 4.79 Å². The van der Waals surface area contributed by atoms with Gasteiger partial charge in [0, 0.05) is 48.6 Å². The molecular weight excluding hydrogens is 304 g/mol. The first-order valence-electron chi connectivity index (χ1n) is 7.02. The average molecular weight is 320 g/mol. The molecule has 21 heavy (non-hydrogen) atoms. The first-order chi connectivity index (χ1) is 10.2. The molecule has 110 valence electrons. The number of carbonyl (C=O) groups excluding carboxylic acids is 1. The predicted octanol–water partition coefficient (Wildman–Crippen LogP) is 1.95. The minimum atomic E-state index is 0.0894. The van der Waals surface area contributed by atoms with Gasteiger partial charge in [0.1, 0.15) is 10.7 Å². The molecule has 4 rings (SSSR count). The molecule has 1 amide bonds. The summed E-state index contributed by atoms with van der Waals surface area (Å²) in [6.45, 7) is 4.83. The van der Waals surface area contributed by atoms with Gasteiger partial charge in [0.25, 0.3) is 5.91 Å². The Morgan fingerprint density at radius 2 is 2.24 bits per heavy atom. The van der Waals surface area contributed by atoms with Crippen LogP contribution in [0.3, 0.4) is 0 Å². The van der Waals surface area contributed by atoms with Crippen molar-refractivity contribution >= 4 is 28.6 Å². The summed E-state index contributed by atoms with van der Waals surface area (Å²) in [7, 11) is 0. The highest BCUT2D eigenvalue weighted by Crippen LogP contribution is 2.40. The molecule has 0 saturated carbocycles. The Labute approximate surface area is 131 Å². The van der Waals surface area contributed by atoms with Crippen LogP contribution in [0.1, 0.15) is 21.9 Å². The Bertz CT molecular complexity index is 619. The Hall–Kier alpha value is -1.31. The second-order valence-electron chi connectivity index (χ2n) is 5.92. The molecule has 2 aliphatic rings. The summed E-state index contributed by atoms with van der Waals surface area (Å²) >= 11 is 3.19. The fourth-order valence-corrected chi connectivity index (χ4v) is 4.57. The van der Waals surface area contributed by atoms with E-state index in [0.29, 0.717) is 11.1 Å². The van der Waals surface area contributed by atoms with Crippen molar-refractivity contribution in [1.29, 1.82) is 0 Å². The molecular formula is C14H16N4OS2. The first kappa shape index (κ1) is 13.4. The number of amides is 1. The van der Waals surface area contributed by atoms with Gasteiger partial charge in [-0.25, -0.2) is 9.97 Å². The Morgan fingerprint density at radius 3 is 2.95 bits per heavy atom. The summed E-state index contributed by atoms with van der Waals surface area (Å²) in [6.07, 6.45) is 2.97. The lowest BCUT2D eigenvalue weighted by molar-refractivity contribution is 0.00252. The highest BCUT2D eigenvalue weighted by Gasteiger charge is 2.48. The molecule has 1 spiro atoms. The maximum Gasteiger partial charge on any atom is 0.273 e. The fraction of sp³-hybridized carbons (Fsp3) is 0.500. The molecule has 4 heterocycles. The van der Waals surface area contributed by atoms with Crippen molar-refractivity contribution in [3.8, 4) is 0 Å². The van der Waals surface area contributed by atoms with Crippen molar-refractivity contribution in [2.45, 2.75) is 13.0 Å².